The van der Waals surface area contributed by atoms with E-state index in [0.717, 1.165) is 5.56 Å². The zero-order valence-electron chi connectivity index (χ0n) is 11.6. The molecule has 3 aromatic rings. The van der Waals surface area contributed by atoms with Gasteiger partial charge < -0.3 is 5.32 Å². The lowest BCUT2D eigenvalue weighted by atomic mass is 10.2. The number of benzene rings is 1. The molecule has 6 nitrogen and oxygen atoms in total. The lowest BCUT2D eigenvalue weighted by Crippen LogP contribution is -1.98. The molecule has 0 unspecified atom stereocenters. The standard InChI is InChI=1S/C14H9FN6S2/c15-10-3-1-9(2-4-10)8-19-13-20-21-14(23-13)22-12-11(7-16)17-5-6-18-12/h1-6H,8H2,(H,19,20). The van der Waals surface area contributed by atoms with Gasteiger partial charge in [0.25, 0.3) is 0 Å². The molecule has 0 saturated heterocycles. The number of hydrogen-bond donors (Lipinski definition) is 1. The van der Waals surface area contributed by atoms with E-state index in [1.165, 1.54) is 47.6 Å². The van der Waals surface area contributed by atoms with Crippen molar-refractivity contribution in [1.29, 1.82) is 5.26 Å². The molecule has 0 amide bonds. The molecular formula is C14H9FN6S2. The lowest BCUT2D eigenvalue weighted by Gasteiger charge is -2.01. The summed E-state index contributed by atoms with van der Waals surface area (Å²) in [6.07, 6.45) is 3.00. The molecule has 1 aromatic carbocycles. The smallest absolute Gasteiger partial charge is 0.206 e. The summed E-state index contributed by atoms with van der Waals surface area (Å²) < 4.78 is 13.5. The summed E-state index contributed by atoms with van der Waals surface area (Å²) >= 11 is 2.59. The molecule has 0 aliphatic carbocycles. The van der Waals surface area contributed by atoms with Crippen LogP contribution in [0.2, 0.25) is 0 Å². The van der Waals surface area contributed by atoms with Gasteiger partial charge in [0.1, 0.15) is 16.9 Å². The first kappa shape index (κ1) is 15.3. The van der Waals surface area contributed by atoms with Crippen molar-refractivity contribution < 1.29 is 4.39 Å². The van der Waals surface area contributed by atoms with Gasteiger partial charge in [-0.3, -0.25) is 0 Å². The Bertz CT molecular complexity index is 843. The minimum atomic E-state index is -0.263. The zero-order chi connectivity index (χ0) is 16.1. The average Bonchev–Trinajstić information content (AvgIpc) is 3.02. The summed E-state index contributed by atoms with van der Waals surface area (Å²) in [7, 11) is 0. The molecule has 114 valence electrons. The maximum absolute atomic E-state index is 12.8. The van der Waals surface area contributed by atoms with E-state index in [1.54, 1.807) is 12.1 Å². The highest BCUT2D eigenvalue weighted by molar-refractivity contribution is 8.01. The normalized spacial score (nSPS) is 10.3. The van der Waals surface area contributed by atoms with Crippen LogP contribution in [0.5, 0.6) is 0 Å². The fourth-order valence-corrected chi connectivity index (χ4v) is 3.33. The van der Waals surface area contributed by atoms with Crippen LogP contribution in [-0.4, -0.2) is 20.2 Å². The molecule has 23 heavy (non-hydrogen) atoms. The van der Waals surface area contributed by atoms with Crippen molar-refractivity contribution in [3.8, 4) is 6.07 Å². The van der Waals surface area contributed by atoms with E-state index in [9.17, 15) is 4.39 Å². The van der Waals surface area contributed by atoms with Crippen molar-refractivity contribution in [3.63, 3.8) is 0 Å². The first-order chi connectivity index (χ1) is 11.2. The number of anilines is 1. The Morgan fingerprint density at radius 2 is 1.96 bits per heavy atom. The molecule has 1 N–H and O–H groups in total. The van der Waals surface area contributed by atoms with Crippen LogP contribution in [0.3, 0.4) is 0 Å². The van der Waals surface area contributed by atoms with Crippen LogP contribution in [0.1, 0.15) is 11.3 Å². The number of nitrogens with one attached hydrogen (secondary N) is 1. The summed E-state index contributed by atoms with van der Waals surface area (Å²) in [4.78, 5) is 8.07. The van der Waals surface area contributed by atoms with Gasteiger partial charge in [0, 0.05) is 18.9 Å². The predicted molar refractivity (Wildman–Crippen MR) is 84.5 cm³/mol. The van der Waals surface area contributed by atoms with Crippen LogP contribution >= 0.6 is 23.1 Å². The lowest BCUT2D eigenvalue weighted by molar-refractivity contribution is 0.627. The molecule has 9 heteroatoms. The topological polar surface area (TPSA) is 87.4 Å². The number of halogens is 1. The van der Waals surface area contributed by atoms with E-state index in [0.29, 0.717) is 21.0 Å². The maximum atomic E-state index is 12.8. The maximum Gasteiger partial charge on any atom is 0.206 e. The Morgan fingerprint density at radius 1 is 1.17 bits per heavy atom. The van der Waals surface area contributed by atoms with Crippen LogP contribution in [0.4, 0.5) is 9.52 Å². The molecule has 0 aliphatic heterocycles. The molecule has 0 aliphatic rings. The van der Waals surface area contributed by atoms with Crippen molar-refractivity contribution in [2.45, 2.75) is 15.9 Å². The summed E-state index contributed by atoms with van der Waals surface area (Å²) in [6, 6.07) is 8.23. The van der Waals surface area contributed by atoms with Crippen molar-refractivity contribution in [3.05, 3.63) is 53.7 Å². The van der Waals surface area contributed by atoms with Crippen molar-refractivity contribution in [2.24, 2.45) is 0 Å². The first-order valence-corrected chi connectivity index (χ1v) is 8.08. The van der Waals surface area contributed by atoms with Gasteiger partial charge in [-0.15, -0.1) is 10.2 Å². The Morgan fingerprint density at radius 3 is 2.74 bits per heavy atom. The van der Waals surface area contributed by atoms with E-state index in [1.807, 2.05) is 6.07 Å². The van der Waals surface area contributed by atoms with E-state index < -0.39 is 0 Å². The Hall–Kier alpha value is -2.57. The van der Waals surface area contributed by atoms with Crippen molar-refractivity contribution in [1.82, 2.24) is 20.2 Å². The molecule has 0 atom stereocenters. The minimum absolute atomic E-state index is 0.258. The molecule has 0 bridgehead atoms. The van der Waals surface area contributed by atoms with Gasteiger partial charge in [-0.25, -0.2) is 14.4 Å². The average molecular weight is 344 g/mol. The summed E-state index contributed by atoms with van der Waals surface area (Å²) in [5.74, 6) is -0.263. The highest BCUT2D eigenvalue weighted by Gasteiger charge is 2.11. The minimum Gasteiger partial charge on any atom is -0.356 e. The fraction of sp³-hybridized carbons (Fsp3) is 0.0714. The van der Waals surface area contributed by atoms with Gasteiger partial charge >= 0.3 is 0 Å². The highest BCUT2D eigenvalue weighted by atomic mass is 32.2. The number of hydrogen-bond acceptors (Lipinski definition) is 8. The molecular weight excluding hydrogens is 335 g/mol. The molecule has 0 radical (unpaired) electrons. The third kappa shape index (κ3) is 4.00. The second-order valence-corrected chi connectivity index (χ2v) is 6.49. The van der Waals surface area contributed by atoms with Gasteiger partial charge in [-0.05, 0) is 29.5 Å². The SMILES string of the molecule is N#Cc1nccnc1Sc1nnc(NCc2ccc(F)cc2)s1. The Labute approximate surface area is 139 Å². The molecule has 2 heterocycles. The van der Waals surface area contributed by atoms with Crippen LogP contribution < -0.4 is 5.32 Å². The molecule has 0 fully saturated rings. The number of rotatable bonds is 5. The third-order valence-electron chi connectivity index (χ3n) is 2.72. The monoisotopic (exact) mass is 344 g/mol. The fourth-order valence-electron chi connectivity index (χ4n) is 1.66. The molecule has 2 aromatic heterocycles. The number of nitriles is 1. The first-order valence-electron chi connectivity index (χ1n) is 6.45. The number of nitrogens with zero attached hydrogens (tertiary/aromatic N) is 5. The highest BCUT2D eigenvalue weighted by Crippen LogP contribution is 2.31. The largest absolute Gasteiger partial charge is 0.356 e. The summed E-state index contributed by atoms with van der Waals surface area (Å²) in [5, 5.41) is 21.3. The van der Waals surface area contributed by atoms with Gasteiger partial charge in [0.15, 0.2) is 10.0 Å². The van der Waals surface area contributed by atoms with Crippen molar-refractivity contribution in [2.75, 3.05) is 5.32 Å². The van der Waals surface area contributed by atoms with Gasteiger partial charge in [0.2, 0.25) is 5.13 Å². The van der Waals surface area contributed by atoms with E-state index in [4.69, 9.17) is 5.26 Å². The van der Waals surface area contributed by atoms with Gasteiger partial charge in [-0.2, -0.15) is 5.26 Å². The molecule has 0 saturated carbocycles. The van der Waals surface area contributed by atoms with Gasteiger partial charge in [0.05, 0.1) is 0 Å². The molecule has 0 spiro atoms. The van der Waals surface area contributed by atoms with E-state index >= 15 is 0 Å². The second kappa shape index (κ2) is 7.13. The van der Waals surface area contributed by atoms with E-state index in [-0.39, 0.29) is 11.5 Å². The number of aromatic nitrogens is 4. The Balaban J connectivity index is 1.64. The predicted octanol–water partition coefficient (Wildman–Crippen LogP) is 3.10. The van der Waals surface area contributed by atoms with E-state index in [2.05, 4.69) is 25.5 Å². The molecule has 3 rings (SSSR count). The van der Waals surface area contributed by atoms with Crippen LogP contribution in [0.25, 0.3) is 0 Å². The Kier molecular flexibility index (Phi) is 4.75. The summed E-state index contributed by atoms with van der Waals surface area (Å²) in [5.41, 5.74) is 1.20. The quantitative estimate of drug-likeness (QED) is 0.761. The second-order valence-electron chi connectivity index (χ2n) is 4.28. The zero-order valence-corrected chi connectivity index (χ0v) is 13.2. The van der Waals surface area contributed by atoms with Crippen molar-refractivity contribution >= 4 is 28.2 Å². The van der Waals surface area contributed by atoms with Crippen LogP contribution in [0, 0.1) is 17.1 Å². The van der Waals surface area contributed by atoms with Crippen LogP contribution in [0.15, 0.2) is 46.0 Å². The third-order valence-corrected chi connectivity index (χ3v) is 4.64. The van der Waals surface area contributed by atoms with Crippen LogP contribution in [-0.2, 0) is 6.54 Å². The summed E-state index contributed by atoms with van der Waals surface area (Å²) in [6.45, 7) is 0.522. The van der Waals surface area contributed by atoms with Gasteiger partial charge in [-0.1, -0.05) is 23.5 Å².